The molecule has 98 valence electrons. The van der Waals surface area contributed by atoms with E-state index in [0.717, 1.165) is 12.8 Å². The summed E-state index contributed by atoms with van der Waals surface area (Å²) in [7, 11) is -4.04. The van der Waals surface area contributed by atoms with Crippen molar-refractivity contribution in [2.75, 3.05) is 5.75 Å². The number of hydrogen-bond acceptors (Lipinski definition) is 3. The molecule has 0 aromatic rings. The first kappa shape index (κ1) is 20.7. The van der Waals surface area contributed by atoms with E-state index in [-0.39, 0.29) is 40.1 Å². The van der Waals surface area contributed by atoms with E-state index in [1.54, 1.807) is 0 Å². The number of halogens is 1. The van der Waals surface area contributed by atoms with Crippen molar-refractivity contribution in [1.82, 2.24) is 0 Å². The van der Waals surface area contributed by atoms with Crippen molar-refractivity contribution in [3.63, 3.8) is 0 Å². The molecular formula is C11H22BrNaO3S. The molecule has 0 rings (SSSR count). The number of unbranched alkanes of at least 4 members (excludes halogenated alkanes) is 5. The molecule has 0 radical (unpaired) electrons. The van der Waals surface area contributed by atoms with Gasteiger partial charge in [-0.1, -0.05) is 61.4 Å². The molecule has 0 N–H and O–H groups in total. The second kappa shape index (κ2) is 12.4. The first-order chi connectivity index (χ1) is 7.45. The number of alkyl halides is 1. The van der Waals surface area contributed by atoms with E-state index in [4.69, 9.17) is 0 Å². The molecule has 0 bridgehead atoms. The van der Waals surface area contributed by atoms with Gasteiger partial charge in [0.2, 0.25) is 0 Å². The Morgan fingerprint density at radius 2 is 1.59 bits per heavy atom. The van der Waals surface area contributed by atoms with Crippen LogP contribution in [-0.4, -0.2) is 23.6 Å². The van der Waals surface area contributed by atoms with Crippen LogP contribution in [0, 0.1) is 0 Å². The van der Waals surface area contributed by atoms with Gasteiger partial charge in [0, 0.05) is 10.6 Å². The zero-order valence-electron chi connectivity index (χ0n) is 11.0. The molecule has 0 aliphatic carbocycles. The van der Waals surface area contributed by atoms with Crippen molar-refractivity contribution in [3.8, 4) is 0 Å². The molecule has 0 amide bonds. The molecule has 3 nitrogen and oxygen atoms in total. The molecule has 0 saturated carbocycles. The predicted octanol–water partition coefficient (Wildman–Crippen LogP) is 0.440. The summed E-state index contributed by atoms with van der Waals surface area (Å²) < 4.78 is 31.2. The van der Waals surface area contributed by atoms with Crippen LogP contribution in [0.25, 0.3) is 0 Å². The molecule has 0 aromatic carbocycles. The van der Waals surface area contributed by atoms with Crippen LogP contribution in [0.15, 0.2) is 0 Å². The Balaban J connectivity index is 0. The van der Waals surface area contributed by atoms with E-state index < -0.39 is 10.1 Å². The number of hydrogen-bond donors (Lipinski definition) is 0. The molecule has 0 aromatic heterocycles. The molecule has 0 spiro atoms. The van der Waals surface area contributed by atoms with Crippen LogP contribution in [0.5, 0.6) is 0 Å². The Labute approximate surface area is 136 Å². The average molecular weight is 337 g/mol. The van der Waals surface area contributed by atoms with Gasteiger partial charge in [-0.3, -0.25) is 0 Å². The Morgan fingerprint density at radius 3 is 2.12 bits per heavy atom. The smallest absolute Gasteiger partial charge is 0.748 e. The molecule has 0 aliphatic heterocycles. The van der Waals surface area contributed by atoms with Gasteiger partial charge in [0.25, 0.3) is 0 Å². The van der Waals surface area contributed by atoms with Crippen molar-refractivity contribution in [3.05, 3.63) is 0 Å². The maximum absolute atomic E-state index is 10.4. The zero-order valence-corrected chi connectivity index (χ0v) is 15.4. The first-order valence-electron chi connectivity index (χ1n) is 6.03. The van der Waals surface area contributed by atoms with Gasteiger partial charge in [-0.15, -0.1) is 0 Å². The summed E-state index contributed by atoms with van der Waals surface area (Å²) in [5.74, 6) is -0.251. The molecule has 0 aliphatic rings. The van der Waals surface area contributed by atoms with Gasteiger partial charge >= 0.3 is 29.6 Å². The van der Waals surface area contributed by atoms with E-state index in [0.29, 0.717) is 6.42 Å². The summed E-state index contributed by atoms with van der Waals surface area (Å²) in [6, 6.07) is 0. The molecule has 0 heterocycles. The van der Waals surface area contributed by atoms with E-state index in [1.165, 1.54) is 32.1 Å². The summed E-state index contributed by atoms with van der Waals surface area (Å²) in [5.41, 5.74) is 0. The molecule has 0 saturated heterocycles. The molecule has 17 heavy (non-hydrogen) atoms. The maximum atomic E-state index is 10.4. The van der Waals surface area contributed by atoms with Crippen LogP contribution < -0.4 is 29.6 Å². The standard InChI is InChI=1S/C11H23BrO3S.Na/c1-2-3-4-5-6-7-8-11(12)9-10-16(13,14)15;/h11H,2-10H2,1H3,(H,13,14,15);/q;+1/p-1. The summed E-state index contributed by atoms with van der Waals surface area (Å²) in [6.45, 7) is 2.19. The van der Waals surface area contributed by atoms with E-state index in [1.807, 2.05) is 0 Å². The molecule has 6 heteroatoms. The summed E-state index contributed by atoms with van der Waals surface area (Å²) in [4.78, 5) is 0.169. The van der Waals surface area contributed by atoms with Crippen molar-refractivity contribution in [1.29, 1.82) is 0 Å². The summed E-state index contributed by atoms with van der Waals surface area (Å²) in [6.07, 6.45) is 8.80. The second-order valence-corrected chi connectivity index (χ2v) is 7.02. The normalized spacial score (nSPS) is 13.1. The predicted molar refractivity (Wildman–Crippen MR) is 69.9 cm³/mol. The topological polar surface area (TPSA) is 57.2 Å². The van der Waals surface area contributed by atoms with E-state index in [2.05, 4.69) is 22.9 Å². The Bertz CT molecular complexity index is 257. The first-order valence-corrected chi connectivity index (χ1v) is 8.52. The largest absolute Gasteiger partial charge is 1.00 e. The van der Waals surface area contributed by atoms with Crippen LogP contribution in [0.4, 0.5) is 0 Å². The van der Waals surface area contributed by atoms with Crippen LogP contribution in [0.2, 0.25) is 0 Å². The Kier molecular flexibility index (Phi) is 15.1. The van der Waals surface area contributed by atoms with E-state index >= 15 is 0 Å². The third kappa shape index (κ3) is 17.4. The van der Waals surface area contributed by atoms with Crippen molar-refractivity contribution >= 4 is 26.0 Å². The van der Waals surface area contributed by atoms with Crippen molar-refractivity contribution in [2.45, 2.75) is 63.1 Å². The fourth-order valence-corrected chi connectivity index (χ4v) is 2.99. The molecular weight excluding hydrogens is 315 g/mol. The molecule has 1 unspecified atom stereocenters. The Hall–Kier alpha value is 1.39. The minimum absolute atomic E-state index is 0. The van der Waals surface area contributed by atoms with Gasteiger partial charge in [-0.2, -0.15) is 0 Å². The number of rotatable bonds is 10. The average Bonchev–Trinajstić information content (AvgIpc) is 2.19. The van der Waals surface area contributed by atoms with Crippen molar-refractivity contribution < 1.29 is 42.5 Å². The minimum atomic E-state index is -4.04. The van der Waals surface area contributed by atoms with Gasteiger partial charge in [0.15, 0.2) is 0 Å². The van der Waals surface area contributed by atoms with Gasteiger partial charge in [0.05, 0.1) is 10.1 Å². The summed E-state index contributed by atoms with van der Waals surface area (Å²) >= 11 is 3.41. The SMILES string of the molecule is CCCCCCCCC(Br)CCS(=O)(=O)[O-].[Na+]. The quantitative estimate of drug-likeness (QED) is 0.252. The maximum Gasteiger partial charge on any atom is 1.00 e. The van der Waals surface area contributed by atoms with Gasteiger partial charge in [0.1, 0.15) is 0 Å². The summed E-state index contributed by atoms with van der Waals surface area (Å²) in [5, 5.41) is 0. The monoisotopic (exact) mass is 336 g/mol. The third-order valence-corrected chi connectivity index (χ3v) is 4.20. The van der Waals surface area contributed by atoms with Gasteiger partial charge in [-0.05, 0) is 12.8 Å². The minimum Gasteiger partial charge on any atom is -0.748 e. The van der Waals surface area contributed by atoms with Crippen LogP contribution in [-0.2, 0) is 10.1 Å². The Morgan fingerprint density at radius 1 is 1.06 bits per heavy atom. The molecule has 0 fully saturated rings. The van der Waals surface area contributed by atoms with Gasteiger partial charge in [-0.25, -0.2) is 8.42 Å². The fourth-order valence-electron chi connectivity index (χ4n) is 1.56. The fraction of sp³-hybridized carbons (Fsp3) is 1.00. The zero-order chi connectivity index (χ0) is 12.4. The second-order valence-electron chi connectivity index (χ2n) is 4.20. The van der Waals surface area contributed by atoms with E-state index in [9.17, 15) is 13.0 Å². The van der Waals surface area contributed by atoms with Crippen LogP contribution in [0.3, 0.4) is 0 Å². The van der Waals surface area contributed by atoms with Crippen molar-refractivity contribution in [2.24, 2.45) is 0 Å². The third-order valence-electron chi connectivity index (χ3n) is 2.55. The van der Waals surface area contributed by atoms with Crippen LogP contribution in [0.1, 0.15) is 58.3 Å². The van der Waals surface area contributed by atoms with Crippen LogP contribution >= 0.6 is 15.9 Å². The van der Waals surface area contributed by atoms with Gasteiger partial charge < -0.3 is 4.55 Å². The molecule has 1 atom stereocenters.